The lowest BCUT2D eigenvalue weighted by Crippen LogP contribution is -2.49. The first-order chi connectivity index (χ1) is 9.72. The normalized spacial score (nSPS) is 34.7. The van der Waals surface area contributed by atoms with Crippen LogP contribution in [0.4, 0.5) is 0 Å². The van der Waals surface area contributed by atoms with Gasteiger partial charge in [0.25, 0.3) is 0 Å². The topological polar surface area (TPSA) is 41.1 Å². The highest BCUT2D eigenvalue weighted by Gasteiger charge is 2.27. The van der Waals surface area contributed by atoms with Crippen LogP contribution in [-0.2, 0) is 4.79 Å². The van der Waals surface area contributed by atoms with E-state index in [0.717, 1.165) is 31.3 Å². The fourth-order valence-electron chi connectivity index (χ4n) is 3.78. The molecule has 2 atom stereocenters. The maximum atomic E-state index is 12.2. The maximum absolute atomic E-state index is 12.2. The second-order valence-electron chi connectivity index (χ2n) is 6.85. The van der Waals surface area contributed by atoms with Gasteiger partial charge in [-0.25, -0.2) is 0 Å². The van der Waals surface area contributed by atoms with Gasteiger partial charge in [0.15, 0.2) is 0 Å². The minimum Gasteiger partial charge on any atom is -0.354 e. The summed E-state index contributed by atoms with van der Waals surface area (Å²) in [5, 5.41) is 6.57. The first kappa shape index (κ1) is 15.8. The molecule has 2 unspecified atom stereocenters. The van der Waals surface area contributed by atoms with Crippen molar-refractivity contribution in [3.05, 3.63) is 0 Å². The fraction of sp³-hybridized carbons (Fsp3) is 0.941. The van der Waals surface area contributed by atoms with E-state index in [1.807, 2.05) is 0 Å². The predicted molar refractivity (Wildman–Crippen MR) is 83.6 cm³/mol. The number of rotatable bonds is 5. The predicted octanol–water partition coefficient (Wildman–Crippen LogP) is 3.10. The summed E-state index contributed by atoms with van der Waals surface area (Å²) in [5.41, 5.74) is 0. The van der Waals surface area contributed by atoms with Gasteiger partial charge in [0, 0.05) is 6.54 Å². The molecule has 0 radical (unpaired) electrons. The standard InChI is InChI=1S/C17H32N2O/c1-3-13-5-7-15(8-6-13)12-19-17(20)16-11-14(4-2)9-10-18-16/h13-16,18H,3-12H2,1-2H3,(H,19,20). The van der Waals surface area contributed by atoms with E-state index in [-0.39, 0.29) is 11.9 Å². The third kappa shape index (κ3) is 4.47. The summed E-state index contributed by atoms with van der Waals surface area (Å²) in [7, 11) is 0. The minimum atomic E-state index is 0.0562. The summed E-state index contributed by atoms with van der Waals surface area (Å²) in [5.74, 6) is 2.62. The number of carbonyl (C=O) groups is 1. The third-order valence-electron chi connectivity index (χ3n) is 5.51. The van der Waals surface area contributed by atoms with Crippen molar-refractivity contribution in [2.45, 2.75) is 71.3 Å². The lowest BCUT2D eigenvalue weighted by atomic mass is 9.81. The van der Waals surface area contributed by atoms with Gasteiger partial charge in [-0.2, -0.15) is 0 Å². The average molecular weight is 280 g/mol. The Morgan fingerprint density at radius 3 is 2.30 bits per heavy atom. The molecule has 0 aromatic carbocycles. The molecule has 2 N–H and O–H groups in total. The lowest BCUT2D eigenvalue weighted by Gasteiger charge is -2.31. The monoisotopic (exact) mass is 280 g/mol. The molecule has 3 nitrogen and oxygen atoms in total. The summed E-state index contributed by atoms with van der Waals surface area (Å²) in [6.45, 7) is 6.42. The first-order valence-electron chi connectivity index (χ1n) is 8.74. The molecule has 2 aliphatic rings. The zero-order valence-corrected chi connectivity index (χ0v) is 13.3. The smallest absolute Gasteiger partial charge is 0.237 e. The molecular weight excluding hydrogens is 248 g/mol. The zero-order chi connectivity index (χ0) is 14.4. The molecule has 3 heteroatoms. The molecule has 1 aliphatic carbocycles. The number of carbonyl (C=O) groups excluding carboxylic acids is 1. The minimum absolute atomic E-state index is 0.0562. The van der Waals surface area contributed by atoms with Crippen LogP contribution in [-0.4, -0.2) is 25.0 Å². The summed E-state index contributed by atoms with van der Waals surface area (Å²) < 4.78 is 0. The van der Waals surface area contributed by atoms with Crippen molar-refractivity contribution < 1.29 is 4.79 Å². The number of amides is 1. The zero-order valence-electron chi connectivity index (χ0n) is 13.3. The van der Waals surface area contributed by atoms with Crippen LogP contribution in [0.3, 0.4) is 0 Å². The first-order valence-corrected chi connectivity index (χ1v) is 8.74. The van der Waals surface area contributed by atoms with Gasteiger partial charge >= 0.3 is 0 Å². The van der Waals surface area contributed by atoms with Gasteiger partial charge in [-0.15, -0.1) is 0 Å². The SMILES string of the molecule is CCC1CCC(CNC(=O)C2CC(CC)CCN2)CC1. The Morgan fingerprint density at radius 2 is 1.65 bits per heavy atom. The van der Waals surface area contributed by atoms with E-state index in [2.05, 4.69) is 24.5 Å². The lowest BCUT2D eigenvalue weighted by molar-refractivity contribution is -0.124. The number of piperidine rings is 1. The van der Waals surface area contributed by atoms with Crippen molar-refractivity contribution in [1.29, 1.82) is 0 Å². The van der Waals surface area contributed by atoms with Crippen LogP contribution in [0.1, 0.15) is 65.2 Å². The molecule has 1 amide bonds. The average Bonchev–Trinajstić information content (AvgIpc) is 2.53. The Kier molecular flexibility index (Phi) is 6.34. The Labute approximate surface area is 124 Å². The second kappa shape index (κ2) is 8.02. The largest absolute Gasteiger partial charge is 0.354 e. The summed E-state index contributed by atoms with van der Waals surface area (Å²) in [4.78, 5) is 12.2. The van der Waals surface area contributed by atoms with E-state index in [0.29, 0.717) is 5.92 Å². The van der Waals surface area contributed by atoms with E-state index < -0.39 is 0 Å². The van der Waals surface area contributed by atoms with Crippen LogP contribution < -0.4 is 10.6 Å². The van der Waals surface area contributed by atoms with Crippen molar-refractivity contribution in [3.8, 4) is 0 Å². The molecule has 2 rings (SSSR count). The highest BCUT2D eigenvalue weighted by atomic mass is 16.2. The molecule has 2 fully saturated rings. The van der Waals surface area contributed by atoms with Gasteiger partial charge in [0.1, 0.15) is 0 Å². The Morgan fingerprint density at radius 1 is 1.00 bits per heavy atom. The molecule has 1 saturated carbocycles. The van der Waals surface area contributed by atoms with Crippen LogP contribution in [0, 0.1) is 17.8 Å². The summed E-state index contributed by atoms with van der Waals surface area (Å²) >= 11 is 0. The summed E-state index contributed by atoms with van der Waals surface area (Å²) in [6.07, 6.45) is 10.1. The van der Waals surface area contributed by atoms with Crippen molar-refractivity contribution in [1.82, 2.24) is 10.6 Å². The van der Waals surface area contributed by atoms with Gasteiger partial charge in [-0.1, -0.05) is 39.5 Å². The van der Waals surface area contributed by atoms with Gasteiger partial charge in [0.05, 0.1) is 6.04 Å². The third-order valence-corrected chi connectivity index (χ3v) is 5.51. The molecular formula is C17H32N2O. The van der Waals surface area contributed by atoms with Gasteiger partial charge in [-0.05, 0) is 50.0 Å². The quantitative estimate of drug-likeness (QED) is 0.812. The van der Waals surface area contributed by atoms with E-state index in [1.54, 1.807) is 0 Å². The molecule has 0 aromatic heterocycles. The van der Waals surface area contributed by atoms with Crippen LogP contribution in [0.2, 0.25) is 0 Å². The van der Waals surface area contributed by atoms with Crippen molar-refractivity contribution in [3.63, 3.8) is 0 Å². The maximum Gasteiger partial charge on any atom is 0.237 e. The fourth-order valence-corrected chi connectivity index (χ4v) is 3.78. The van der Waals surface area contributed by atoms with Crippen LogP contribution in [0.15, 0.2) is 0 Å². The van der Waals surface area contributed by atoms with Crippen LogP contribution in [0.5, 0.6) is 0 Å². The van der Waals surface area contributed by atoms with Gasteiger partial charge in [0.2, 0.25) is 5.91 Å². The molecule has 1 aliphatic heterocycles. The van der Waals surface area contributed by atoms with Crippen molar-refractivity contribution in [2.24, 2.45) is 17.8 Å². The number of nitrogens with one attached hydrogen (secondary N) is 2. The van der Waals surface area contributed by atoms with E-state index in [4.69, 9.17) is 0 Å². The number of hydrogen-bond donors (Lipinski definition) is 2. The molecule has 0 bridgehead atoms. The Balaban J connectivity index is 1.67. The molecule has 20 heavy (non-hydrogen) atoms. The second-order valence-corrected chi connectivity index (χ2v) is 6.85. The Bertz CT molecular complexity index is 297. The number of hydrogen-bond acceptors (Lipinski definition) is 2. The van der Waals surface area contributed by atoms with Crippen LogP contribution >= 0.6 is 0 Å². The van der Waals surface area contributed by atoms with Gasteiger partial charge < -0.3 is 10.6 Å². The van der Waals surface area contributed by atoms with Crippen molar-refractivity contribution in [2.75, 3.05) is 13.1 Å². The van der Waals surface area contributed by atoms with E-state index in [1.165, 1.54) is 44.9 Å². The molecule has 0 spiro atoms. The highest BCUT2D eigenvalue weighted by molar-refractivity contribution is 5.81. The van der Waals surface area contributed by atoms with Crippen molar-refractivity contribution >= 4 is 5.91 Å². The van der Waals surface area contributed by atoms with Gasteiger partial charge in [-0.3, -0.25) is 4.79 Å². The summed E-state index contributed by atoms with van der Waals surface area (Å²) in [6, 6.07) is 0.0562. The van der Waals surface area contributed by atoms with Crippen LogP contribution in [0.25, 0.3) is 0 Å². The molecule has 0 aromatic rings. The van der Waals surface area contributed by atoms with E-state index in [9.17, 15) is 4.79 Å². The van der Waals surface area contributed by atoms with E-state index >= 15 is 0 Å². The molecule has 1 saturated heterocycles. The molecule has 116 valence electrons. The Hall–Kier alpha value is -0.570. The highest BCUT2D eigenvalue weighted by Crippen LogP contribution is 2.30. The molecule has 1 heterocycles.